The Morgan fingerprint density at radius 1 is 1.06 bits per heavy atom. The molecule has 63 heavy (non-hydrogen) atoms. The molecule has 330 valence electrons. The standard InChI is InChI=1S/C46H48F3N7O7/c1-25(29-18-30(46(47,48)49)20-31(50)19-29)52-40-33-21-37(36(62-4)22-34(33)53-26(2)54-40)63-24-45(16-17-45)23-28(41(58)51-3)11-8-6-5-7-10-27-12-9-13-32-39(27)44(61)56(43(32)60)35-14-15-38(57)55-42(35)59/h9,12-13,18-22,25,28,35H,5-6,8,11,14-17,23-24,50H2,1-4H3,(H,51,58)(H,52,53,54)(H,55,57,59). The van der Waals surface area contributed by atoms with Crippen molar-refractivity contribution in [1.82, 2.24) is 25.5 Å². The molecule has 1 aliphatic carbocycles. The van der Waals surface area contributed by atoms with Gasteiger partial charge in [-0.2, -0.15) is 13.2 Å². The number of nitrogens with one attached hydrogen (secondary N) is 3. The Kier molecular flexibility index (Phi) is 12.6. The molecule has 7 rings (SSSR count). The van der Waals surface area contributed by atoms with Crippen molar-refractivity contribution >= 4 is 51.9 Å². The lowest BCUT2D eigenvalue weighted by Crippen LogP contribution is -2.54. The van der Waals surface area contributed by atoms with Crippen LogP contribution in [0.4, 0.5) is 24.7 Å². The molecule has 4 aromatic rings. The number of hydrogen-bond donors (Lipinski definition) is 4. The van der Waals surface area contributed by atoms with Crippen LogP contribution in [0.25, 0.3) is 10.9 Å². The number of methoxy groups -OCH3 is 1. The smallest absolute Gasteiger partial charge is 0.416 e. The summed E-state index contributed by atoms with van der Waals surface area (Å²) in [4.78, 5) is 73.9. The molecule has 17 heteroatoms. The van der Waals surface area contributed by atoms with Crippen LogP contribution >= 0.6 is 0 Å². The van der Waals surface area contributed by atoms with Gasteiger partial charge in [-0.3, -0.25) is 34.2 Å². The van der Waals surface area contributed by atoms with Gasteiger partial charge in [0.05, 0.1) is 42.0 Å². The molecule has 0 radical (unpaired) electrons. The van der Waals surface area contributed by atoms with E-state index in [1.54, 1.807) is 45.2 Å². The van der Waals surface area contributed by atoms with E-state index in [0.717, 1.165) is 29.9 Å². The second-order valence-corrected chi connectivity index (χ2v) is 16.4. The molecule has 2 fully saturated rings. The van der Waals surface area contributed by atoms with Gasteiger partial charge in [0.2, 0.25) is 17.7 Å². The lowest BCUT2D eigenvalue weighted by Gasteiger charge is -2.27. The lowest BCUT2D eigenvalue weighted by atomic mass is 9.88. The van der Waals surface area contributed by atoms with Gasteiger partial charge in [0.15, 0.2) is 11.5 Å². The number of aromatic nitrogens is 2. The summed E-state index contributed by atoms with van der Waals surface area (Å²) >= 11 is 0. The van der Waals surface area contributed by atoms with Crippen LogP contribution in [0.2, 0.25) is 0 Å². The van der Waals surface area contributed by atoms with Gasteiger partial charge in [-0.1, -0.05) is 24.3 Å². The van der Waals surface area contributed by atoms with Crippen molar-refractivity contribution in [3.05, 3.63) is 82.2 Å². The molecule has 5 N–H and O–H groups in total. The fourth-order valence-corrected chi connectivity index (χ4v) is 8.26. The number of alkyl halides is 3. The van der Waals surface area contributed by atoms with Gasteiger partial charge in [-0.05, 0) is 94.3 Å². The third kappa shape index (κ3) is 9.69. The summed E-state index contributed by atoms with van der Waals surface area (Å²) in [6.07, 6.45) is 0.313. The Morgan fingerprint density at radius 3 is 2.54 bits per heavy atom. The van der Waals surface area contributed by atoms with E-state index in [-0.39, 0.29) is 46.9 Å². The molecule has 3 aromatic carbocycles. The van der Waals surface area contributed by atoms with E-state index in [2.05, 4.69) is 37.8 Å². The van der Waals surface area contributed by atoms with Crippen molar-refractivity contribution < 1.29 is 46.6 Å². The van der Waals surface area contributed by atoms with Crippen LogP contribution in [0.5, 0.6) is 11.5 Å². The average Bonchev–Trinajstić information content (AvgIpc) is 3.96. The molecule has 3 unspecified atom stereocenters. The maximum absolute atomic E-state index is 13.6. The monoisotopic (exact) mass is 867 g/mol. The highest BCUT2D eigenvalue weighted by Gasteiger charge is 2.47. The molecule has 0 bridgehead atoms. The molecule has 1 saturated heterocycles. The highest BCUT2D eigenvalue weighted by molar-refractivity contribution is 6.24. The van der Waals surface area contributed by atoms with Crippen molar-refractivity contribution in [2.75, 3.05) is 31.8 Å². The predicted octanol–water partition coefficient (Wildman–Crippen LogP) is 6.65. The Morgan fingerprint density at radius 2 is 1.84 bits per heavy atom. The molecule has 3 aliphatic rings. The topological polar surface area (TPSA) is 195 Å². The summed E-state index contributed by atoms with van der Waals surface area (Å²) in [5, 5.41) is 8.81. The van der Waals surface area contributed by atoms with Crippen molar-refractivity contribution in [3.8, 4) is 23.3 Å². The number of aryl methyl sites for hydroxylation is 1. The number of anilines is 2. The largest absolute Gasteiger partial charge is 0.493 e. The van der Waals surface area contributed by atoms with E-state index in [1.165, 1.54) is 19.2 Å². The maximum atomic E-state index is 13.6. The summed E-state index contributed by atoms with van der Waals surface area (Å²) in [6, 6.07) is 10.1. The maximum Gasteiger partial charge on any atom is 0.416 e. The van der Waals surface area contributed by atoms with Crippen LogP contribution in [0, 0.1) is 30.1 Å². The van der Waals surface area contributed by atoms with Crippen LogP contribution in [0.1, 0.15) is 114 Å². The Hall–Kier alpha value is -6.70. The molecule has 3 atom stereocenters. The average molecular weight is 868 g/mol. The summed E-state index contributed by atoms with van der Waals surface area (Å²) < 4.78 is 52.9. The quantitative estimate of drug-likeness (QED) is 0.0433. The zero-order valence-electron chi connectivity index (χ0n) is 35.3. The normalized spacial score (nSPS) is 17.6. The van der Waals surface area contributed by atoms with Crippen molar-refractivity contribution in [2.24, 2.45) is 11.3 Å². The first-order chi connectivity index (χ1) is 30.0. The van der Waals surface area contributed by atoms with Gasteiger partial charge in [0, 0.05) is 53.9 Å². The van der Waals surface area contributed by atoms with Crippen LogP contribution in [-0.2, 0) is 20.6 Å². The molecule has 2 aliphatic heterocycles. The molecule has 5 amide bonds. The van der Waals surface area contributed by atoms with Crippen molar-refractivity contribution in [2.45, 2.75) is 89.9 Å². The van der Waals surface area contributed by atoms with Crippen LogP contribution in [0.3, 0.4) is 0 Å². The van der Waals surface area contributed by atoms with E-state index in [4.69, 9.17) is 15.2 Å². The number of hydrogen-bond acceptors (Lipinski definition) is 11. The minimum atomic E-state index is -4.56. The summed E-state index contributed by atoms with van der Waals surface area (Å²) in [5.74, 6) is 5.15. The number of carbonyl (C=O) groups is 5. The molecular weight excluding hydrogens is 820 g/mol. The first-order valence-electron chi connectivity index (χ1n) is 20.8. The Balaban J connectivity index is 0.982. The number of rotatable bonds is 15. The van der Waals surface area contributed by atoms with Gasteiger partial charge < -0.3 is 25.8 Å². The van der Waals surface area contributed by atoms with Gasteiger partial charge in [0.25, 0.3) is 11.8 Å². The van der Waals surface area contributed by atoms with Crippen molar-refractivity contribution in [1.29, 1.82) is 0 Å². The lowest BCUT2D eigenvalue weighted by molar-refractivity contribution is -0.138. The molecule has 3 heterocycles. The van der Waals surface area contributed by atoms with E-state index in [0.29, 0.717) is 83.9 Å². The number of imide groups is 2. The molecule has 1 aromatic heterocycles. The van der Waals surface area contributed by atoms with Gasteiger partial charge in [-0.15, -0.1) is 0 Å². The summed E-state index contributed by atoms with van der Waals surface area (Å²) in [7, 11) is 3.13. The third-order valence-electron chi connectivity index (χ3n) is 11.8. The summed E-state index contributed by atoms with van der Waals surface area (Å²) in [5.41, 5.74) is 6.31. The van der Waals surface area contributed by atoms with E-state index in [9.17, 15) is 37.1 Å². The van der Waals surface area contributed by atoms with E-state index < -0.39 is 47.5 Å². The fraction of sp³-hybridized carbons (Fsp3) is 0.413. The van der Waals surface area contributed by atoms with Crippen molar-refractivity contribution in [3.63, 3.8) is 0 Å². The van der Waals surface area contributed by atoms with Gasteiger partial charge >= 0.3 is 6.18 Å². The number of halogens is 3. The predicted molar refractivity (Wildman–Crippen MR) is 227 cm³/mol. The Labute approximate surface area is 361 Å². The molecular formula is C46H48F3N7O7. The second kappa shape index (κ2) is 18.0. The van der Waals surface area contributed by atoms with E-state index in [1.807, 2.05) is 0 Å². The second-order valence-electron chi connectivity index (χ2n) is 16.4. The number of nitrogens with two attached hydrogens (primary N) is 1. The zero-order valence-corrected chi connectivity index (χ0v) is 35.3. The fourth-order valence-electron chi connectivity index (χ4n) is 8.26. The number of fused-ring (bicyclic) bond motifs is 2. The molecule has 1 saturated carbocycles. The number of carbonyl (C=O) groups excluding carboxylic acids is 5. The number of ether oxygens (including phenoxy) is 2. The van der Waals surface area contributed by atoms with Gasteiger partial charge in [-0.25, -0.2) is 9.97 Å². The zero-order chi connectivity index (χ0) is 45.2. The van der Waals surface area contributed by atoms with Crippen LogP contribution in [-0.4, -0.2) is 71.2 Å². The van der Waals surface area contributed by atoms with Crippen LogP contribution in [0.15, 0.2) is 48.5 Å². The number of nitrogen functional groups attached to an aromatic ring is 1. The Bertz CT molecular complexity index is 2570. The SMILES string of the molecule is CNC(=O)C(CCCCC#Cc1cccc2c1C(=O)N(C1CCC(=O)NC1=O)C2=O)CC1(COc2cc3c(NC(C)c4cc(N)cc(C(F)(F)F)c4)nc(C)nc3cc2OC)CC1. The highest BCUT2D eigenvalue weighted by Crippen LogP contribution is 2.52. The number of amides is 5. The number of nitrogens with zero attached hydrogens (tertiary/aromatic N) is 3. The number of piperidine rings is 1. The number of benzene rings is 3. The number of unbranched alkanes of at least 4 members (excludes halogenated alkanes) is 2. The molecule has 14 nitrogen and oxygen atoms in total. The minimum absolute atomic E-state index is 0.00915. The third-order valence-corrected chi connectivity index (χ3v) is 11.8. The first-order valence-corrected chi connectivity index (χ1v) is 20.8. The first kappa shape index (κ1) is 44.4. The van der Waals surface area contributed by atoms with E-state index >= 15 is 0 Å². The minimum Gasteiger partial charge on any atom is -0.493 e. The summed E-state index contributed by atoms with van der Waals surface area (Å²) in [6.45, 7) is 3.74. The van der Waals surface area contributed by atoms with Gasteiger partial charge in [0.1, 0.15) is 17.7 Å². The molecule has 0 spiro atoms. The highest BCUT2D eigenvalue weighted by atomic mass is 19.4. The van der Waals surface area contributed by atoms with Crippen LogP contribution < -0.4 is 31.2 Å².